The van der Waals surface area contributed by atoms with E-state index >= 15 is 0 Å². The quantitative estimate of drug-likeness (QED) is 0.169. The third-order valence-electron chi connectivity index (χ3n) is 10.6. The Morgan fingerprint density at radius 1 is 0.489 bits per heavy atom. The maximum atomic E-state index is 6.56. The van der Waals surface area contributed by atoms with Gasteiger partial charge in [0.2, 0.25) is 6.71 Å². The molecule has 9 aromatic rings. The molecule has 11 rings (SSSR count). The Morgan fingerprint density at radius 2 is 0.978 bits per heavy atom. The van der Waals surface area contributed by atoms with Crippen LogP contribution in [0.5, 0.6) is 0 Å². The van der Waals surface area contributed by atoms with Gasteiger partial charge in [-0.2, -0.15) is 0 Å². The van der Waals surface area contributed by atoms with Crippen LogP contribution in [0.2, 0.25) is 0 Å². The number of benzene rings is 7. The highest BCUT2D eigenvalue weighted by atomic mass is 16.3. The zero-order valence-electron chi connectivity index (χ0n) is 25.3. The lowest BCUT2D eigenvalue weighted by atomic mass is 9.31. The molecule has 3 heteroatoms. The Labute approximate surface area is 259 Å². The van der Waals surface area contributed by atoms with Crippen molar-refractivity contribution in [3.8, 4) is 22.3 Å². The summed E-state index contributed by atoms with van der Waals surface area (Å²) in [6, 6.07) is 40.2. The zero-order chi connectivity index (χ0) is 29.8. The first-order valence-electron chi connectivity index (χ1n) is 15.9. The summed E-state index contributed by atoms with van der Waals surface area (Å²) >= 11 is 0. The van der Waals surface area contributed by atoms with Crippen LogP contribution in [0, 0.1) is 0 Å². The SMILES string of the molecule is CC(C)(C)c1cc2c3c(c1)-c1c4c(cccc4cc4oc5ccccc5c14)B3c1cccc3cc4oc5ccccc5c4c-2c13. The Bertz CT molecular complexity index is 2620. The van der Waals surface area contributed by atoms with Gasteiger partial charge in [-0.05, 0) is 67.9 Å². The topological polar surface area (TPSA) is 26.3 Å². The van der Waals surface area contributed by atoms with E-state index in [0.29, 0.717) is 0 Å². The summed E-state index contributed by atoms with van der Waals surface area (Å²) in [5, 5.41) is 9.95. The van der Waals surface area contributed by atoms with E-state index in [2.05, 4.69) is 130 Å². The summed E-state index contributed by atoms with van der Waals surface area (Å²) in [7, 11) is 0. The van der Waals surface area contributed by atoms with Crippen LogP contribution in [0.25, 0.3) is 87.7 Å². The second kappa shape index (κ2) is 7.86. The maximum absolute atomic E-state index is 6.56. The van der Waals surface area contributed by atoms with Crippen molar-refractivity contribution >= 4 is 88.5 Å². The molecule has 0 saturated carbocycles. The van der Waals surface area contributed by atoms with Crippen LogP contribution in [0.3, 0.4) is 0 Å². The lowest BCUT2D eigenvalue weighted by molar-refractivity contribution is 0.591. The predicted octanol–water partition coefficient (Wildman–Crippen LogP) is 9.57. The summed E-state index contributed by atoms with van der Waals surface area (Å²) in [6.45, 7) is 7.13. The first kappa shape index (κ1) is 24.1. The fourth-order valence-electron chi connectivity index (χ4n) is 8.69. The summed E-state index contributed by atoms with van der Waals surface area (Å²) in [5.74, 6) is 0. The number of hydrogen-bond donors (Lipinski definition) is 0. The van der Waals surface area contributed by atoms with Gasteiger partial charge in [-0.25, -0.2) is 0 Å². The van der Waals surface area contributed by atoms with Crippen molar-refractivity contribution in [2.75, 3.05) is 0 Å². The first-order valence-corrected chi connectivity index (χ1v) is 15.9. The molecule has 2 nitrogen and oxygen atoms in total. The molecule has 0 aliphatic carbocycles. The molecule has 0 unspecified atom stereocenters. The average molecular weight is 574 g/mol. The fraction of sp³-hybridized carbons (Fsp3) is 0.0952. The van der Waals surface area contributed by atoms with Crippen molar-refractivity contribution < 1.29 is 8.83 Å². The van der Waals surface area contributed by atoms with Crippen molar-refractivity contribution in [3.63, 3.8) is 0 Å². The molecule has 0 amide bonds. The highest BCUT2D eigenvalue weighted by Gasteiger charge is 2.41. The smallest absolute Gasteiger partial charge is 0.244 e. The van der Waals surface area contributed by atoms with Crippen molar-refractivity contribution in [3.05, 3.63) is 115 Å². The third-order valence-corrected chi connectivity index (χ3v) is 10.6. The monoisotopic (exact) mass is 574 g/mol. The number of hydrogen-bond acceptors (Lipinski definition) is 2. The van der Waals surface area contributed by atoms with E-state index in [-0.39, 0.29) is 12.1 Å². The zero-order valence-corrected chi connectivity index (χ0v) is 25.3. The minimum absolute atomic E-state index is 0.0497. The maximum Gasteiger partial charge on any atom is 0.244 e. The van der Waals surface area contributed by atoms with E-state index in [9.17, 15) is 0 Å². The molecule has 210 valence electrons. The van der Waals surface area contributed by atoms with Gasteiger partial charge in [0.05, 0.1) is 0 Å². The van der Waals surface area contributed by atoms with Crippen LogP contribution < -0.4 is 16.4 Å². The van der Waals surface area contributed by atoms with E-state index in [0.717, 1.165) is 22.3 Å². The standard InChI is InChI=1S/C42H27BO2/c1-42(2,3)24-20-27-39-35-22(18-33-37(39)25-12-4-6-16-31(25)44-33)10-8-14-29(35)43-30-15-9-11-23-19-34-38(26-13-5-7-17-32(26)45-34)40(36(23)30)28(21-24)41(27)43/h4-21H,1-3H3. The minimum atomic E-state index is -0.0497. The molecule has 0 atom stereocenters. The first-order chi connectivity index (χ1) is 22.0. The molecular weight excluding hydrogens is 547 g/mol. The van der Waals surface area contributed by atoms with Gasteiger partial charge < -0.3 is 8.83 Å². The van der Waals surface area contributed by atoms with Gasteiger partial charge in [0, 0.05) is 32.7 Å². The van der Waals surface area contributed by atoms with E-state index in [1.54, 1.807) is 0 Å². The Morgan fingerprint density at radius 3 is 1.47 bits per heavy atom. The van der Waals surface area contributed by atoms with Gasteiger partial charge in [0.1, 0.15) is 22.3 Å². The summed E-state index contributed by atoms with van der Waals surface area (Å²) in [6.07, 6.45) is 0. The molecule has 0 bridgehead atoms. The second-order valence-electron chi connectivity index (χ2n) is 14.0. The van der Waals surface area contributed by atoms with Crippen LogP contribution in [0.4, 0.5) is 0 Å². The molecule has 0 N–H and O–H groups in total. The second-order valence-corrected chi connectivity index (χ2v) is 14.0. The Balaban J connectivity index is 1.44. The van der Waals surface area contributed by atoms with E-state index in [1.165, 1.54) is 87.3 Å². The van der Waals surface area contributed by atoms with Gasteiger partial charge in [0.25, 0.3) is 0 Å². The van der Waals surface area contributed by atoms with Crippen LogP contribution in [-0.2, 0) is 5.41 Å². The lowest BCUT2D eigenvalue weighted by Gasteiger charge is -2.36. The largest absolute Gasteiger partial charge is 0.456 e. The van der Waals surface area contributed by atoms with Gasteiger partial charge in [0.15, 0.2) is 0 Å². The average Bonchev–Trinajstić information content (AvgIpc) is 3.60. The molecule has 2 aromatic heterocycles. The molecule has 0 saturated heterocycles. The summed E-state index contributed by atoms with van der Waals surface area (Å²) in [4.78, 5) is 0. The number of para-hydroxylation sites is 2. The van der Waals surface area contributed by atoms with Crippen LogP contribution >= 0.6 is 0 Å². The van der Waals surface area contributed by atoms with Crippen molar-refractivity contribution in [2.45, 2.75) is 26.2 Å². The number of rotatable bonds is 0. The molecule has 0 fully saturated rings. The van der Waals surface area contributed by atoms with Crippen molar-refractivity contribution in [1.82, 2.24) is 0 Å². The normalized spacial score (nSPS) is 13.6. The molecule has 0 spiro atoms. The van der Waals surface area contributed by atoms with Crippen molar-refractivity contribution in [1.29, 1.82) is 0 Å². The fourth-order valence-corrected chi connectivity index (χ4v) is 8.69. The summed E-state index contributed by atoms with van der Waals surface area (Å²) in [5.41, 5.74) is 14.5. The predicted molar refractivity (Wildman–Crippen MR) is 190 cm³/mol. The number of furan rings is 2. The lowest BCUT2D eigenvalue weighted by Crippen LogP contribution is -2.57. The van der Waals surface area contributed by atoms with E-state index < -0.39 is 0 Å². The van der Waals surface area contributed by atoms with Gasteiger partial charge in [-0.1, -0.05) is 122 Å². The highest BCUT2D eigenvalue weighted by molar-refractivity contribution is 7.01. The van der Waals surface area contributed by atoms with Crippen molar-refractivity contribution in [2.24, 2.45) is 0 Å². The highest BCUT2D eigenvalue weighted by Crippen LogP contribution is 2.49. The molecule has 7 aromatic carbocycles. The minimum Gasteiger partial charge on any atom is -0.456 e. The molecule has 45 heavy (non-hydrogen) atoms. The Hall–Kier alpha value is -5.28. The molecule has 2 aliphatic rings. The van der Waals surface area contributed by atoms with Gasteiger partial charge >= 0.3 is 0 Å². The van der Waals surface area contributed by atoms with Gasteiger partial charge in [-0.3, -0.25) is 0 Å². The molecule has 0 radical (unpaired) electrons. The molecule has 4 heterocycles. The van der Waals surface area contributed by atoms with E-state index in [4.69, 9.17) is 8.83 Å². The number of fused-ring (bicyclic) bond motifs is 12. The van der Waals surface area contributed by atoms with Crippen LogP contribution in [0.15, 0.2) is 118 Å². The molecular formula is C42H27BO2. The van der Waals surface area contributed by atoms with Gasteiger partial charge in [-0.15, -0.1) is 0 Å². The van der Waals surface area contributed by atoms with Crippen LogP contribution in [-0.4, -0.2) is 6.71 Å². The third kappa shape index (κ3) is 2.88. The Kier molecular flexibility index (Phi) is 4.21. The van der Waals surface area contributed by atoms with E-state index in [1.807, 2.05) is 0 Å². The summed E-state index contributed by atoms with van der Waals surface area (Å²) < 4.78 is 13.1. The molecule has 2 aliphatic heterocycles. The van der Waals surface area contributed by atoms with Crippen LogP contribution in [0.1, 0.15) is 26.3 Å².